The third kappa shape index (κ3) is 24.7. The highest BCUT2D eigenvalue weighted by Gasteiger charge is 1.97. The molecule has 1 rings (SSSR count). The van der Waals surface area contributed by atoms with Crippen molar-refractivity contribution in [3.63, 3.8) is 0 Å². The van der Waals surface area contributed by atoms with Gasteiger partial charge in [-0.2, -0.15) is 0 Å². The SMILES string of the molecule is CCCCCCCCCCCCCCCCCCCCCCCCCCCCCOc1ccccc1. The second-order valence-electron chi connectivity index (χ2n) is 11.4. The van der Waals surface area contributed by atoms with Crippen molar-refractivity contribution in [3.05, 3.63) is 30.3 Å². The molecule has 0 radical (unpaired) electrons. The molecule has 0 N–H and O–H groups in total. The van der Waals surface area contributed by atoms with E-state index < -0.39 is 0 Å². The van der Waals surface area contributed by atoms with Gasteiger partial charge in [0, 0.05) is 0 Å². The highest BCUT2D eigenvalue weighted by Crippen LogP contribution is 2.16. The van der Waals surface area contributed by atoms with Crippen molar-refractivity contribution >= 4 is 0 Å². The van der Waals surface area contributed by atoms with E-state index in [0.29, 0.717) is 0 Å². The minimum absolute atomic E-state index is 0.864. The van der Waals surface area contributed by atoms with E-state index in [1.165, 1.54) is 173 Å². The average Bonchev–Trinajstić information content (AvgIpc) is 2.91. The standard InChI is InChI=1S/C35H64O/c1-2-3-4-5-6-7-8-9-10-11-12-13-14-15-16-17-18-19-20-21-22-23-24-25-26-27-31-34-36-35-32-29-28-30-33-35/h28-30,32-33H,2-27,31,34H2,1H3. The maximum atomic E-state index is 5.76. The molecular weight excluding hydrogens is 436 g/mol. The van der Waals surface area contributed by atoms with Crippen LogP contribution in [-0.4, -0.2) is 6.61 Å². The Labute approximate surface area is 227 Å². The lowest BCUT2D eigenvalue weighted by Gasteiger charge is -2.06. The van der Waals surface area contributed by atoms with Crippen LogP contribution in [0.15, 0.2) is 30.3 Å². The molecule has 1 heteroatoms. The normalized spacial score (nSPS) is 11.2. The Morgan fingerprint density at radius 3 is 0.944 bits per heavy atom. The summed E-state index contributed by atoms with van der Waals surface area (Å²) in [4.78, 5) is 0. The molecule has 0 aliphatic carbocycles. The summed E-state index contributed by atoms with van der Waals surface area (Å²) in [5, 5.41) is 0. The molecule has 1 aromatic carbocycles. The van der Waals surface area contributed by atoms with E-state index in [0.717, 1.165) is 12.4 Å². The monoisotopic (exact) mass is 500 g/mol. The zero-order chi connectivity index (χ0) is 25.6. The van der Waals surface area contributed by atoms with E-state index >= 15 is 0 Å². The molecule has 210 valence electrons. The van der Waals surface area contributed by atoms with Gasteiger partial charge in [-0.05, 0) is 18.6 Å². The van der Waals surface area contributed by atoms with Gasteiger partial charge >= 0.3 is 0 Å². The zero-order valence-corrected chi connectivity index (χ0v) is 24.6. The lowest BCUT2D eigenvalue weighted by atomic mass is 10.0. The van der Waals surface area contributed by atoms with Gasteiger partial charge in [-0.3, -0.25) is 0 Å². The molecule has 0 unspecified atom stereocenters. The molecule has 0 heterocycles. The second kappa shape index (κ2) is 28.6. The van der Waals surface area contributed by atoms with Gasteiger partial charge in [-0.25, -0.2) is 0 Å². The number of ether oxygens (including phenoxy) is 1. The first kappa shape index (κ1) is 33.0. The van der Waals surface area contributed by atoms with Gasteiger partial charge < -0.3 is 4.74 Å². The highest BCUT2D eigenvalue weighted by atomic mass is 16.5. The molecule has 0 aromatic heterocycles. The summed E-state index contributed by atoms with van der Waals surface area (Å²) in [6.07, 6.45) is 39.0. The van der Waals surface area contributed by atoms with E-state index in [2.05, 4.69) is 6.92 Å². The summed E-state index contributed by atoms with van der Waals surface area (Å²) in [5.41, 5.74) is 0. The fraction of sp³-hybridized carbons (Fsp3) is 0.829. The molecule has 0 bridgehead atoms. The Bertz CT molecular complexity index is 511. The van der Waals surface area contributed by atoms with Crippen molar-refractivity contribution < 1.29 is 4.74 Å². The van der Waals surface area contributed by atoms with Gasteiger partial charge in [0.25, 0.3) is 0 Å². The first-order chi connectivity index (χ1) is 17.9. The molecule has 0 saturated heterocycles. The summed E-state index contributed by atoms with van der Waals surface area (Å²) in [6.45, 7) is 3.17. The Kier molecular flexibility index (Phi) is 26.2. The number of hydrogen-bond donors (Lipinski definition) is 0. The van der Waals surface area contributed by atoms with Crippen LogP contribution < -0.4 is 4.74 Å². The summed E-state index contributed by atoms with van der Waals surface area (Å²) >= 11 is 0. The van der Waals surface area contributed by atoms with Crippen LogP contribution in [0.25, 0.3) is 0 Å². The van der Waals surface area contributed by atoms with Crippen LogP contribution in [0, 0.1) is 0 Å². The van der Waals surface area contributed by atoms with Crippen LogP contribution in [0.1, 0.15) is 180 Å². The molecule has 1 aromatic rings. The van der Waals surface area contributed by atoms with Crippen LogP contribution >= 0.6 is 0 Å². The van der Waals surface area contributed by atoms with Crippen LogP contribution in [0.5, 0.6) is 5.75 Å². The number of unbranched alkanes of at least 4 members (excludes halogenated alkanes) is 26. The smallest absolute Gasteiger partial charge is 0.119 e. The Morgan fingerprint density at radius 2 is 0.639 bits per heavy atom. The van der Waals surface area contributed by atoms with Crippen molar-refractivity contribution in [1.29, 1.82) is 0 Å². The Balaban J connectivity index is 1.63. The quantitative estimate of drug-likeness (QED) is 0.0993. The molecule has 0 aliphatic heterocycles. The number of rotatable bonds is 29. The molecule has 0 saturated carbocycles. The van der Waals surface area contributed by atoms with Crippen LogP contribution in [0.4, 0.5) is 0 Å². The van der Waals surface area contributed by atoms with Gasteiger partial charge in [0.15, 0.2) is 0 Å². The van der Waals surface area contributed by atoms with Crippen LogP contribution in [-0.2, 0) is 0 Å². The fourth-order valence-electron chi connectivity index (χ4n) is 5.30. The van der Waals surface area contributed by atoms with Gasteiger partial charge in [0.05, 0.1) is 6.61 Å². The largest absolute Gasteiger partial charge is 0.494 e. The highest BCUT2D eigenvalue weighted by molar-refractivity contribution is 5.20. The third-order valence-corrected chi connectivity index (χ3v) is 7.76. The van der Waals surface area contributed by atoms with E-state index in [-0.39, 0.29) is 0 Å². The van der Waals surface area contributed by atoms with E-state index in [9.17, 15) is 0 Å². The molecule has 0 atom stereocenters. The zero-order valence-electron chi connectivity index (χ0n) is 24.6. The maximum absolute atomic E-state index is 5.76. The van der Waals surface area contributed by atoms with Crippen molar-refractivity contribution in [3.8, 4) is 5.75 Å². The summed E-state index contributed by atoms with van der Waals surface area (Å²) in [5.74, 6) is 1.01. The van der Waals surface area contributed by atoms with Crippen LogP contribution in [0.3, 0.4) is 0 Å². The van der Waals surface area contributed by atoms with Gasteiger partial charge in [0.2, 0.25) is 0 Å². The van der Waals surface area contributed by atoms with E-state index in [4.69, 9.17) is 4.74 Å². The molecule has 0 amide bonds. The first-order valence-electron chi connectivity index (χ1n) is 16.6. The third-order valence-electron chi connectivity index (χ3n) is 7.76. The molecule has 0 spiro atoms. The Hall–Kier alpha value is -0.980. The van der Waals surface area contributed by atoms with Crippen molar-refractivity contribution in [2.75, 3.05) is 6.61 Å². The summed E-state index contributed by atoms with van der Waals surface area (Å²) < 4.78 is 5.76. The lowest BCUT2D eigenvalue weighted by molar-refractivity contribution is 0.304. The lowest BCUT2D eigenvalue weighted by Crippen LogP contribution is -1.96. The fourth-order valence-corrected chi connectivity index (χ4v) is 5.30. The number of para-hydroxylation sites is 1. The molecule has 1 nitrogen and oxygen atoms in total. The number of hydrogen-bond acceptors (Lipinski definition) is 1. The average molecular weight is 501 g/mol. The predicted octanol–water partition coefficient (Wildman–Crippen LogP) is 12.6. The molecule has 0 fully saturated rings. The van der Waals surface area contributed by atoms with Gasteiger partial charge in [-0.15, -0.1) is 0 Å². The molecule has 36 heavy (non-hydrogen) atoms. The van der Waals surface area contributed by atoms with Crippen molar-refractivity contribution in [1.82, 2.24) is 0 Å². The minimum atomic E-state index is 0.864. The summed E-state index contributed by atoms with van der Waals surface area (Å²) in [6, 6.07) is 10.2. The molecular formula is C35H64O. The second-order valence-corrected chi connectivity index (χ2v) is 11.4. The molecule has 0 aliphatic rings. The van der Waals surface area contributed by atoms with E-state index in [1.54, 1.807) is 0 Å². The van der Waals surface area contributed by atoms with Gasteiger partial charge in [0.1, 0.15) is 5.75 Å². The first-order valence-corrected chi connectivity index (χ1v) is 16.6. The van der Waals surface area contributed by atoms with Gasteiger partial charge in [-0.1, -0.05) is 192 Å². The minimum Gasteiger partial charge on any atom is -0.494 e. The Morgan fingerprint density at radius 1 is 0.361 bits per heavy atom. The number of benzene rings is 1. The topological polar surface area (TPSA) is 9.23 Å². The van der Waals surface area contributed by atoms with Crippen LogP contribution in [0.2, 0.25) is 0 Å². The summed E-state index contributed by atoms with van der Waals surface area (Å²) in [7, 11) is 0. The maximum Gasteiger partial charge on any atom is 0.119 e. The van der Waals surface area contributed by atoms with Crippen molar-refractivity contribution in [2.45, 2.75) is 180 Å². The van der Waals surface area contributed by atoms with Crippen molar-refractivity contribution in [2.24, 2.45) is 0 Å². The predicted molar refractivity (Wildman–Crippen MR) is 162 cm³/mol. The van der Waals surface area contributed by atoms with E-state index in [1.807, 2.05) is 30.3 Å².